The Hall–Kier alpha value is -5.66. The Balaban J connectivity index is 1.33. The Bertz CT molecular complexity index is 2430. The Morgan fingerprint density at radius 1 is 0.941 bits per heavy atom. The summed E-state index contributed by atoms with van der Waals surface area (Å²) in [5, 5.41) is 11.3. The van der Waals surface area contributed by atoms with Crippen LogP contribution in [0.3, 0.4) is 0 Å². The first kappa shape index (κ1) is 33.8. The SMILES string of the molecule is COc1cc2nc(CCn3c(=O)n4n(c3=O)[C@@H]3C[C@H]5C(=O)C(C)=C(C)C(=O)[C@@]5(C)[C@@H](c5c(O)cccc5OC)C3=CC4)c(=O)n(C)c2cc1OC. The number of hydrogen-bond donors (Lipinski definition) is 1. The highest BCUT2D eigenvalue weighted by molar-refractivity contribution is 6.15. The molecule has 51 heavy (non-hydrogen) atoms. The summed E-state index contributed by atoms with van der Waals surface area (Å²) in [6, 6.07) is 7.34. The van der Waals surface area contributed by atoms with Crippen molar-refractivity contribution in [2.45, 2.75) is 58.7 Å². The molecule has 14 heteroatoms. The Morgan fingerprint density at radius 3 is 2.31 bits per heavy atom. The molecular weight excluding hydrogens is 658 g/mol. The predicted molar refractivity (Wildman–Crippen MR) is 186 cm³/mol. The molecule has 2 aromatic heterocycles. The number of rotatable bonds is 7. The van der Waals surface area contributed by atoms with Gasteiger partial charge in [-0.2, -0.15) is 0 Å². The van der Waals surface area contributed by atoms with Gasteiger partial charge in [-0.05, 0) is 49.1 Å². The molecule has 0 unspecified atom stereocenters. The summed E-state index contributed by atoms with van der Waals surface area (Å²) in [4.78, 5) is 74.4. The highest BCUT2D eigenvalue weighted by Gasteiger charge is 2.61. The summed E-state index contributed by atoms with van der Waals surface area (Å²) in [5.74, 6) is -1.05. The van der Waals surface area contributed by atoms with Gasteiger partial charge >= 0.3 is 11.4 Å². The number of benzene rings is 2. The van der Waals surface area contributed by atoms with Crippen LogP contribution in [0.5, 0.6) is 23.0 Å². The van der Waals surface area contributed by atoms with Crippen LogP contribution in [0.25, 0.3) is 11.0 Å². The van der Waals surface area contributed by atoms with Crippen LogP contribution < -0.4 is 31.1 Å². The highest BCUT2D eigenvalue weighted by atomic mass is 16.5. The molecular formula is C37H39N5O9. The van der Waals surface area contributed by atoms with Crippen molar-refractivity contribution in [1.82, 2.24) is 23.5 Å². The van der Waals surface area contributed by atoms with Gasteiger partial charge in [0.05, 0.1) is 50.4 Å². The molecule has 0 saturated heterocycles. The Kier molecular flexibility index (Phi) is 7.95. The Labute approximate surface area is 291 Å². The minimum absolute atomic E-state index is 0.00761. The highest BCUT2D eigenvalue weighted by Crippen LogP contribution is 2.62. The summed E-state index contributed by atoms with van der Waals surface area (Å²) < 4.78 is 21.7. The summed E-state index contributed by atoms with van der Waals surface area (Å²) in [6.07, 6.45) is 1.88. The quantitative estimate of drug-likeness (QED) is 0.284. The zero-order valence-corrected chi connectivity index (χ0v) is 29.5. The van der Waals surface area contributed by atoms with Gasteiger partial charge in [-0.1, -0.05) is 19.1 Å². The molecule has 0 bridgehead atoms. The molecule has 3 aliphatic rings. The molecule has 7 rings (SSSR count). The number of phenols is 1. The van der Waals surface area contributed by atoms with Gasteiger partial charge in [0.2, 0.25) is 0 Å². The van der Waals surface area contributed by atoms with Gasteiger partial charge in [0, 0.05) is 49.5 Å². The van der Waals surface area contributed by atoms with E-state index >= 15 is 0 Å². The van der Waals surface area contributed by atoms with Gasteiger partial charge < -0.3 is 23.9 Å². The van der Waals surface area contributed by atoms with Gasteiger partial charge in [0.25, 0.3) is 5.56 Å². The number of hydrogen-bond acceptors (Lipinski definition) is 10. The number of ether oxygens (including phenoxy) is 3. The first-order valence-electron chi connectivity index (χ1n) is 16.7. The van der Waals surface area contributed by atoms with Crippen LogP contribution in [0.4, 0.5) is 0 Å². The van der Waals surface area contributed by atoms with Crippen molar-refractivity contribution in [2.75, 3.05) is 21.3 Å². The lowest BCUT2D eigenvalue weighted by Crippen LogP contribution is -2.55. The van der Waals surface area contributed by atoms with Crippen LogP contribution in [0.1, 0.15) is 50.4 Å². The van der Waals surface area contributed by atoms with E-state index in [0.29, 0.717) is 50.6 Å². The van der Waals surface area contributed by atoms with E-state index < -0.39 is 34.7 Å². The maximum absolute atomic E-state index is 14.3. The van der Waals surface area contributed by atoms with Gasteiger partial charge in [-0.15, -0.1) is 0 Å². The number of methoxy groups -OCH3 is 3. The molecule has 1 fully saturated rings. The molecule has 4 atom stereocenters. The second-order valence-corrected chi connectivity index (χ2v) is 13.6. The second-order valence-electron chi connectivity index (χ2n) is 13.6. The van der Waals surface area contributed by atoms with Gasteiger partial charge in [0.1, 0.15) is 17.2 Å². The van der Waals surface area contributed by atoms with Crippen molar-refractivity contribution in [1.29, 1.82) is 0 Å². The maximum atomic E-state index is 14.3. The predicted octanol–water partition coefficient (Wildman–Crippen LogP) is 2.81. The molecule has 1 N–H and O–H groups in total. The number of aromatic hydroxyl groups is 1. The lowest BCUT2D eigenvalue weighted by atomic mass is 9.50. The number of allylic oxidation sites excluding steroid dienone is 4. The molecule has 0 radical (unpaired) electrons. The van der Waals surface area contributed by atoms with Crippen molar-refractivity contribution in [3.8, 4) is 23.0 Å². The van der Waals surface area contributed by atoms with Crippen molar-refractivity contribution < 1.29 is 28.9 Å². The monoisotopic (exact) mass is 697 g/mol. The van der Waals surface area contributed by atoms with Gasteiger partial charge in [-0.3, -0.25) is 14.4 Å². The van der Waals surface area contributed by atoms with Gasteiger partial charge in [-0.25, -0.2) is 28.5 Å². The van der Waals surface area contributed by atoms with E-state index in [1.807, 2.05) is 6.08 Å². The lowest BCUT2D eigenvalue weighted by Gasteiger charge is -2.53. The van der Waals surface area contributed by atoms with Crippen molar-refractivity contribution >= 4 is 22.6 Å². The van der Waals surface area contributed by atoms with Crippen molar-refractivity contribution in [3.05, 3.63) is 95.7 Å². The smallest absolute Gasteiger partial charge is 0.347 e. The number of Topliss-reactive ketones (excluding diaryl/α,β-unsaturated/α-hetero) is 2. The van der Waals surface area contributed by atoms with Gasteiger partial charge in [0.15, 0.2) is 23.1 Å². The van der Waals surface area contributed by atoms with E-state index in [0.717, 1.165) is 4.57 Å². The molecule has 2 aromatic carbocycles. The van der Waals surface area contributed by atoms with Crippen LogP contribution in [0, 0.1) is 11.3 Å². The first-order chi connectivity index (χ1) is 24.3. The van der Waals surface area contributed by atoms with Crippen LogP contribution in [-0.2, 0) is 36.1 Å². The molecule has 14 nitrogen and oxygen atoms in total. The molecule has 1 aliphatic heterocycles. The average Bonchev–Trinajstić information content (AvgIpc) is 3.38. The zero-order chi connectivity index (χ0) is 36.7. The fourth-order valence-corrected chi connectivity index (χ4v) is 8.48. The zero-order valence-electron chi connectivity index (χ0n) is 29.5. The van der Waals surface area contributed by atoms with Crippen LogP contribution in [0.15, 0.2) is 67.5 Å². The van der Waals surface area contributed by atoms with Crippen molar-refractivity contribution in [2.24, 2.45) is 18.4 Å². The molecule has 1 saturated carbocycles. The van der Waals surface area contributed by atoms with E-state index in [9.17, 15) is 29.1 Å². The third-order valence-electron chi connectivity index (χ3n) is 11.3. The largest absolute Gasteiger partial charge is 0.508 e. The minimum Gasteiger partial charge on any atom is -0.508 e. The topological polar surface area (TPSA) is 166 Å². The summed E-state index contributed by atoms with van der Waals surface area (Å²) in [6.45, 7) is 4.90. The molecule has 0 amide bonds. The van der Waals surface area contributed by atoms with E-state index in [-0.39, 0.29) is 54.5 Å². The molecule has 2 aliphatic carbocycles. The fraction of sp³-hybridized carbons (Fsp3) is 0.405. The number of carbonyl (C=O) groups is 2. The van der Waals surface area contributed by atoms with Crippen LogP contribution >= 0.6 is 0 Å². The normalized spacial score (nSPS) is 22.7. The van der Waals surface area contributed by atoms with Crippen LogP contribution in [0.2, 0.25) is 0 Å². The summed E-state index contributed by atoms with van der Waals surface area (Å²) >= 11 is 0. The van der Waals surface area contributed by atoms with E-state index in [1.165, 1.54) is 41.3 Å². The number of phenolic OH excluding ortho intramolecular Hbond substituents is 1. The van der Waals surface area contributed by atoms with Crippen molar-refractivity contribution in [3.63, 3.8) is 0 Å². The standard InChI is InChI=1S/C37H39N5O9/c1-18-19(2)33(45)37(3)21(32(18)44)15-24-20(31(37)30-26(43)9-8-10-27(30)49-5)11-14-41-35(47)40(36(48)42(24)41)13-12-22-34(46)39(4)25-17-29(51-7)28(50-6)16-23(25)38-22/h8-11,16-17,21,24,31,43H,12-15H2,1-7H3/t21-,24+,31+,37+/m0/s1. The van der Waals surface area contributed by atoms with E-state index in [2.05, 4.69) is 4.98 Å². The number of aromatic nitrogens is 5. The summed E-state index contributed by atoms with van der Waals surface area (Å²) in [5.41, 5.74) is -0.0564. The molecule has 266 valence electrons. The molecule has 3 heterocycles. The molecule has 0 spiro atoms. The summed E-state index contributed by atoms with van der Waals surface area (Å²) in [7, 11) is 6.06. The van der Waals surface area contributed by atoms with Crippen LogP contribution in [-0.4, -0.2) is 61.5 Å². The Morgan fingerprint density at radius 2 is 1.63 bits per heavy atom. The number of aryl methyl sites for hydroxylation is 2. The first-order valence-corrected chi connectivity index (χ1v) is 16.7. The number of carbonyl (C=O) groups excluding carboxylic acids is 2. The average molecular weight is 698 g/mol. The number of nitrogens with zero attached hydrogens (tertiary/aromatic N) is 5. The second kappa shape index (κ2) is 12.0. The van der Waals surface area contributed by atoms with E-state index in [1.54, 1.807) is 52.1 Å². The van der Waals surface area contributed by atoms with E-state index in [4.69, 9.17) is 14.2 Å². The fourth-order valence-electron chi connectivity index (χ4n) is 8.48. The number of fused-ring (bicyclic) bond motifs is 5. The molecule has 4 aromatic rings. The third-order valence-corrected chi connectivity index (χ3v) is 11.3. The lowest BCUT2D eigenvalue weighted by molar-refractivity contribution is -0.140. The minimum atomic E-state index is -1.31. The third kappa shape index (κ3) is 4.68. The maximum Gasteiger partial charge on any atom is 0.347 e. The number of ketones is 2.